The number of alkyl halides is 6. The van der Waals surface area contributed by atoms with Crippen molar-refractivity contribution in [3.8, 4) is 0 Å². The molecular weight excluding hydrogens is 497 g/mol. The predicted molar refractivity (Wildman–Crippen MR) is 114 cm³/mol. The Kier molecular flexibility index (Phi) is 6.25. The third-order valence-corrected chi connectivity index (χ3v) is 6.55. The molecule has 1 aliphatic rings. The molecule has 1 aromatic carbocycles. The Bertz CT molecular complexity index is 1270. The number of nitrogens with one attached hydrogen (secondary N) is 1. The minimum absolute atomic E-state index is 0.0759. The van der Waals surface area contributed by atoms with E-state index in [9.17, 15) is 35.5 Å². The Labute approximate surface area is 200 Å². The van der Waals surface area contributed by atoms with Gasteiger partial charge in [0.15, 0.2) is 17.0 Å². The molecule has 0 bridgehead atoms. The summed E-state index contributed by atoms with van der Waals surface area (Å²) in [4.78, 5) is 16.4. The molecule has 4 rings (SSSR count). The Hall–Kier alpha value is -3.58. The van der Waals surface area contributed by atoms with Crippen molar-refractivity contribution in [3.63, 3.8) is 0 Å². The van der Waals surface area contributed by atoms with E-state index in [1.807, 2.05) is 0 Å². The van der Waals surface area contributed by atoms with Gasteiger partial charge in [-0.2, -0.15) is 36.0 Å². The van der Waals surface area contributed by atoms with E-state index in [1.54, 1.807) is 6.92 Å². The van der Waals surface area contributed by atoms with E-state index in [0.717, 1.165) is 0 Å². The van der Waals surface area contributed by atoms with E-state index >= 15 is 0 Å². The fourth-order valence-electron chi connectivity index (χ4n) is 4.45. The third kappa shape index (κ3) is 4.88. The molecule has 3 heterocycles. The highest BCUT2D eigenvalue weighted by Gasteiger charge is 2.42. The van der Waals surface area contributed by atoms with Crippen molar-refractivity contribution >= 4 is 17.5 Å². The van der Waals surface area contributed by atoms with Crippen LogP contribution in [0.4, 0.5) is 41.3 Å². The minimum atomic E-state index is -4.92. The van der Waals surface area contributed by atoms with Gasteiger partial charge in [-0.3, -0.25) is 0 Å². The standard InChI is InChI=1S/C22H21F7N6O/c1-20(12-2-4-14(23)5-3-12,13-6-7-34(10-13)19(30)36)11-31-17-8-15(21(24,25)26)32-18-9-16(22(27,28)29)33-35(17)18/h2-5,8-9,13,31H,6-7,10-11H2,1H3,(H2,30,36)/t13-,20+/m1/s1. The number of halogens is 7. The normalized spacial score (nSPS) is 18.4. The quantitative estimate of drug-likeness (QED) is 0.481. The number of amides is 2. The Morgan fingerprint density at radius 2 is 1.72 bits per heavy atom. The largest absolute Gasteiger partial charge is 0.435 e. The summed E-state index contributed by atoms with van der Waals surface area (Å²) < 4.78 is 94.2. The number of primary amides is 1. The summed E-state index contributed by atoms with van der Waals surface area (Å²) in [5.74, 6) is -1.10. The SMILES string of the molecule is C[C@](CNc1cc(C(F)(F)F)nc2cc(C(F)(F)F)nn12)(c1ccc(F)cc1)[C@@H]1CCN(C(N)=O)C1. The third-order valence-electron chi connectivity index (χ3n) is 6.55. The van der Waals surface area contributed by atoms with E-state index in [4.69, 9.17) is 5.73 Å². The molecule has 14 heteroatoms. The molecule has 194 valence electrons. The average Bonchev–Trinajstić information content (AvgIpc) is 3.45. The lowest BCUT2D eigenvalue weighted by molar-refractivity contribution is -0.142. The second-order valence-corrected chi connectivity index (χ2v) is 8.87. The molecule has 0 unspecified atom stereocenters. The Morgan fingerprint density at radius 3 is 2.28 bits per heavy atom. The highest BCUT2D eigenvalue weighted by Crippen LogP contribution is 2.39. The summed E-state index contributed by atoms with van der Waals surface area (Å²) in [5, 5.41) is 6.21. The summed E-state index contributed by atoms with van der Waals surface area (Å²) in [6.07, 6.45) is -9.32. The topological polar surface area (TPSA) is 88.6 Å². The summed E-state index contributed by atoms with van der Waals surface area (Å²) >= 11 is 0. The lowest BCUT2D eigenvalue weighted by Crippen LogP contribution is -2.42. The highest BCUT2D eigenvalue weighted by atomic mass is 19.4. The van der Waals surface area contributed by atoms with Crippen LogP contribution in [0.5, 0.6) is 0 Å². The van der Waals surface area contributed by atoms with Gasteiger partial charge < -0.3 is 16.0 Å². The number of rotatable bonds is 5. The van der Waals surface area contributed by atoms with Gasteiger partial charge in [0.05, 0.1) is 0 Å². The molecule has 0 spiro atoms. The summed E-state index contributed by atoms with van der Waals surface area (Å²) in [5.41, 5.74) is 1.70. The van der Waals surface area contributed by atoms with Crippen LogP contribution in [0.3, 0.4) is 0 Å². The first-order chi connectivity index (χ1) is 16.7. The first kappa shape index (κ1) is 25.5. The minimum Gasteiger partial charge on any atom is -0.369 e. The lowest BCUT2D eigenvalue weighted by atomic mass is 9.71. The lowest BCUT2D eigenvalue weighted by Gasteiger charge is -2.37. The van der Waals surface area contributed by atoms with Crippen LogP contribution in [0.25, 0.3) is 5.65 Å². The van der Waals surface area contributed by atoms with Crippen molar-refractivity contribution in [2.24, 2.45) is 11.7 Å². The molecule has 1 aliphatic heterocycles. The van der Waals surface area contributed by atoms with Crippen molar-refractivity contribution < 1.29 is 35.5 Å². The molecule has 0 radical (unpaired) electrons. The summed E-state index contributed by atoms with van der Waals surface area (Å²) in [7, 11) is 0. The Balaban J connectivity index is 1.75. The van der Waals surface area contributed by atoms with Crippen LogP contribution in [0.2, 0.25) is 0 Å². The molecule has 1 fully saturated rings. The number of aromatic nitrogens is 3. The maximum atomic E-state index is 13.6. The van der Waals surface area contributed by atoms with Crippen LogP contribution in [0.1, 0.15) is 30.3 Å². The van der Waals surface area contributed by atoms with Crippen LogP contribution in [-0.4, -0.2) is 45.2 Å². The molecule has 3 aromatic rings. The van der Waals surface area contributed by atoms with E-state index in [2.05, 4.69) is 15.4 Å². The monoisotopic (exact) mass is 518 g/mol. The van der Waals surface area contributed by atoms with Gasteiger partial charge >= 0.3 is 18.4 Å². The summed E-state index contributed by atoms with van der Waals surface area (Å²) in [6.45, 7) is 2.29. The van der Waals surface area contributed by atoms with Gasteiger partial charge in [-0.05, 0) is 30.0 Å². The fraction of sp³-hybridized carbons (Fsp3) is 0.409. The molecule has 3 N–H and O–H groups in total. The number of fused-ring (bicyclic) bond motifs is 1. The zero-order valence-electron chi connectivity index (χ0n) is 18.8. The summed E-state index contributed by atoms with van der Waals surface area (Å²) in [6, 6.07) is 5.87. The molecule has 7 nitrogen and oxygen atoms in total. The van der Waals surface area contributed by atoms with Gasteiger partial charge in [0.1, 0.15) is 11.6 Å². The van der Waals surface area contributed by atoms with E-state index in [0.29, 0.717) is 35.2 Å². The van der Waals surface area contributed by atoms with Crippen LogP contribution in [0.15, 0.2) is 36.4 Å². The number of nitrogens with zero attached hydrogens (tertiary/aromatic N) is 4. The van der Waals surface area contributed by atoms with Crippen molar-refractivity contribution in [2.75, 3.05) is 25.0 Å². The van der Waals surface area contributed by atoms with E-state index < -0.39 is 46.7 Å². The van der Waals surface area contributed by atoms with Gasteiger partial charge in [0.2, 0.25) is 0 Å². The number of benzene rings is 1. The number of carbonyl (C=O) groups excluding carboxylic acids is 1. The highest BCUT2D eigenvalue weighted by molar-refractivity contribution is 5.72. The second kappa shape index (κ2) is 8.82. The van der Waals surface area contributed by atoms with Crippen LogP contribution < -0.4 is 11.1 Å². The molecule has 1 saturated heterocycles. The van der Waals surface area contributed by atoms with Crippen LogP contribution >= 0.6 is 0 Å². The van der Waals surface area contributed by atoms with E-state index in [1.165, 1.54) is 29.2 Å². The fourth-order valence-corrected chi connectivity index (χ4v) is 4.45. The van der Waals surface area contributed by atoms with Gasteiger partial charge in [-0.1, -0.05) is 19.1 Å². The zero-order valence-corrected chi connectivity index (χ0v) is 18.8. The molecule has 0 saturated carbocycles. The number of anilines is 1. The smallest absolute Gasteiger partial charge is 0.369 e. The number of nitrogens with two attached hydrogens (primary N) is 1. The molecule has 0 aliphatic carbocycles. The molecular formula is C22H21F7N6O. The molecule has 2 aromatic heterocycles. The maximum absolute atomic E-state index is 13.6. The van der Waals surface area contributed by atoms with Crippen molar-refractivity contribution in [2.45, 2.75) is 31.1 Å². The molecule has 2 amide bonds. The second-order valence-electron chi connectivity index (χ2n) is 8.87. The number of urea groups is 1. The van der Waals surface area contributed by atoms with Crippen LogP contribution in [0, 0.1) is 11.7 Å². The first-order valence-electron chi connectivity index (χ1n) is 10.8. The predicted octanol–water partition coefficient (Wildman–Crippen LogP) is 4.68. The number of likely N-dealkylation sites (tertiary alicyclic amines) is 1. The van der Waals surface area contributed by atoms with Gasteiger partial charge in [-0.15, -0.1) is 0 Å². The van der Waals surface area contributed by atoms with Gasteiger partial charge in [0.25, 0.3) is 0 Å². The van der Waals surface area contributed by atoms with Crippen molar-refractivity contribution in [3.05, 3.63) is 59.2 Å². The zero-order chi connectivity index (χ0) is 26.5. The number of carbonyl (C=O) groups is 1. The van der Waals surface area contributed by atoms with Crippen LogP contribution in [-0.2, 0) is 17.8 Å². The Morgan fingerprint density at radius 1 is 1.08 bits per heavy atom. The average molecular weight is 518 g/mol. The van der Waals surface area contributed by atoms with Gasteiger partial charge in [0, 0.05) is 37.2 Å². The van der Waals surface area contributed by atoms with Crippen molar-refractivity contribution in [1.29, 1.82) is 0 Å². The number of hydrogen-bond donors (Lipinski definition) is 2. The van der Waals surface area contributed by atoms with E-state index in [-0.39, 0.29) is 24.8 Å². The molecule has 2 atom stereocenters. The molecule has 36 heavy (non-hydrogen) atoms. The van der Waals surface area contributed by atoms with Gasteiger partial charge in [-0.25, -0.2) is 14.2 Å². The van der Waals surface area contributed by atoms with Crippen molar-refractivity contribution in [1.82, 2.24) is 19.5 Å². The number of hydrogen-bond acceptors (Lipinski definition) is 4. The first-order valence-corrected chi connectivity index (χ1v) is 10.8. The maximum Gasteiger partial charge on any atom is 0.435 e.